The first-order valence-electron chi connectivity index (χ1n) is 7.21. The SMILES string of the molecule is CCNC(Cc1ccc(C)cc1Cl)c1ccc(CC)s1. The van der Waals surface area contributed by atoms with E-state index in [0.717, 1.165) is 24.4 Å². The lowest BCUT2D eigenvalue weighted by atomic mass is 10.0. The van der Waals surface area contributed by atoms with E-state index in [4.69, 9.17) is 11.6 Å². The van der Waals surface area contributed by atoms with E-state index in [2.05, 4.69) is 50.4 Å². The van der Waals surface area contributed by atoms with E-state index in [9.17, 15) is 0 Å². The first kappa shape index (κ1) is 15.6. The Hall–Kier alpha value is -0.830. The van der Waals surface area contributed by atoms with Crippen LogP contribution in [0.3, 0.4) is 0 Å². The average molecular weight is 308 g/mol. The number of benzene rings is 1. The summed E-state index contributed by atoms with van der Waals surface area (Å²) < 4.78 is 0. The van der Waals surface area contributed by atoms with Gasteiger partial charge in [-0.2, -0.15) is 0 Å². The third-order valence-electron chi connectivity index (χ3n) is 3.46. The summed E-state index contributed by atoms with van der Waals surface area (Å²) >= 11 is 8.27. The largest absolute Gasteiger partial charge is 0.309 e. The summed E-state index contributed by atoms with van der Waals surface area (Å²) in [5, 5.41) is 4.45. The maximum Gasteiger partial charge on any atom is 0.0456 e. The molecule has 0 fully saturated rings. The first-order valence-corrected chi connectivity index (χ1v) is 8.40. The van der Waals surface area contributed by atoms with E-state index in [1.54, 1.807) is 0 Å². The van der Waals surface area contributed by atoms with Crippen LogP contribution in [-0.4, -0.2) is 6.54 Å². The normalized spacial score (nSPS) is 12.6. The van der Waals surface area contributed by atoms with Crippen molar-refractivity contribution in [3.8, 4) is 0 Å². The van der Waals surface area contributed by atoms with Crippen molar-refractivity contribution in [2.24, 2.45) is 0 Å². The van der Waals surface area contributed by atoms with Gasteiger partial charge in [-0.3, -0.25) is 0 Å². The van der Waals surface area contributed by atoms with Crippen molar-refractivity contribution in [1.29, 1.82) is 0 Å². The summed E-state index contributed by atoms with van der Waals surface area (Å²) in [4.78, 5) is 2.85. The quantitative estimate of drug-likeness (QED) is 0.776. The molecular weight excluding hydrogens is 286 g/mol. The molecule has 0 spiro atoms. The zero-order valence-corrected chi connectivity index (χ0v) is 13.9. The first-order chi connectivity index (χ1) is 9.63. The summed E-state index contributed by atoms with van der Waals surface area (Å²) in [6, 6.07) is 11.2. The second-order valence-corrected chi connectivity index (χ2v) is 6.67. The predicted molar refractivity (Wildman–Crippen MR) is 90.0 cm³/mol. The van der Waals surface area contributed by atoms with Gasteiger partial charge in [0.05, 0.1) is 0 Å². The molecule has 1 aromatic heterocycles. The van der Waals surface area contributed by atoms with Gasteiger partial charge in [0, 0.05) is 20.8 Å². The number of likely N-dealkylation sites (N-methyl/N-ethyl adjacent to an activating group) is 1. The molecule has 0 aliphatic heterocycles. The van der Waals surface area contributed by atoms with Crippen molar-refractivity contribution in [2.45, 2.75) is 39.7 Å². The van der Waals surface area contributed by atoms with Crippen molar-refractivity contribution < 1.29 is 0 Å². The maximum absolute atomic E-state index is 6.37. The number of aryl methyl sites for hydroxylation is 2. The number of hydrogen-bond acceptors (Lipinski definition) is 2. The van der Waals surface area contributed by atoms with Gasteiger partial charge in [-0.25, -0.2) is 0 Å². The summed E-state index contributed by atoms with van der Waals surface area (Å²) in [6.45, 7) is 7.39. The van der Waals surface area contributed by atoms with Gasteiger partial charge in [-0.15, -0.1) is 11.3 Å². The Kier molecular flexibility index (Phi) is 5.64. The molecule has 20 heavy (non-hydrogen) atoms. The van der Waals surface area contributed by atoms with Gasteiger partial charge < -0.3 is 5.32 Å². The van der Waals surface area contributed by atoms with Crippen LogP contribution >= 0.6 is 22.9 Å². The molecule has 1 nitrogen and oxygen atoms in total. The minimum Gasteiger partial charge on any atom is -0.309 e. The Labute approximate surface area is 131 Å². The lowest BCUT2D eigenvalue weighted by Crippen LogP contribution is -2.22. The van der Waals surface area contributed by atoms with E-state index in [1.165, 1.54) is 20.9 Å². The Bertz CT molecular complexity index is 562. The molecule has 2 rings (SSSR count). The predicted octanol–water partition coefficient (Wildman–Crippen LogP) is 5.17. The fraction of sp³-hybridized carbons (Fsp3) is 0.412. The van der Waals surface area contributed by atoms with E-state index < -0.39 is 0 Å². The van der Waals surface area contributed by atoms with Crippen LogP contribution in [0.5, 0.6) is 0 Å². The van der Waals surface area contributed by atoms with Gasteiger partial charge in [-0.05, 0) is 55.6 Å². The second kappa shape index (κ2) is 7.26. The number of halogens is 1. The molecule has 0 saturated carbocycles. The highest BCUT2D eigenvalue weighted by Gasteiger charge is 2.15. The van der Waals surface area contributed by atoms with Crippen LogP contribution in [-0.2, 0) is 12.8 Å². The fourth-order valence-corrected chi connectivity index (χ4v) is 3.67. The summed E-state index contributed by atoms with van der Waals surface area (Å²) in [5.74, 6) is 0. The molecule has 1 N–H and O–H groups in total. The van der Waals surface area contributed by atoms with E-state index >= 15 is 0 Å². The molecule has 0 bridgehead atoms. The van der Waals surface area contributed by atoms with Crippen molar-refractivity contribution >= 4 is 22.9 Å². The zero-order chi connectivity index (χ0) is 14.5. The lowest BCUT2D eigenvalue weighted by Gasteiger charge is -2.17. The van der Waals surface area contributed by atoms with Gasteiger partial charge in [0.1, 0.15) is 0 Å². The molecule has 1 heterocycles. The molecule has 1 atom stereocenters. The van der Waals surface area contributed by atoms with Crippen molar-refractivity contribution in [2.75, 3.05) is 6.54 Å². The smallest absolute Gasteiger partial charge is 0.0456 e. The van der Waals surface area contributed by atoms with Crippen LogP contribution in [0.4, 0.5) is 0 Å². The highest BCUT2D eigenvalue weighted by molar-refractivity contribution is 7.12. The molecule has 3 heteroatoms. The molecular formula is C17H22ClNS. The molecule has 0 amide bonds. The Morgan fingerprint density at radius 1 is 1.20 bits per heavy atom. The fourth-order valence-electron chi connectivity index (χ4n) is 2.33. The molecule has 0 aliphatic rings. The third-order valence-corrected chi connectivity index (χ3v) is 5.15. The lowest BCUT2D eigenvalue weighted by molar-refractivity contribution is 0.558. The van der Waals surface area contributed by atoms with Gasteiger partial charge >= 0.3 is 0 Å². The van der Waals surface area contributed by atoms with Gasteiger partial charge in [0.25, 0.3) is 0 Å². The van der Waals surface area contributed by atoms with Crippen LogP contribution < -0.4 is 5.32 Å². The van der Waals surface area contributed by atoms with E-state index in [0.29, 0.717) is 6.04 Å². The number of rotatable bonds is 6. The molecule has 0 aliphatic carbocycles. The zero-order valence-electron chi connectivity index (χ0n) is 12.4. The molecule has 108 valence electrons. The van der Waals surface area contributed by atoms with E-state index in [1.807, 2.05) is 17.4 Å². The van der Waals surface area contributed by atoms with Crippen LogP contribution in [0.15, 0.2) is 30.3 Å². The summed E-state index contributed by atoms with van der Waals surface area (Å²) in [6.07, 6.45) is 2.05. The summed E-state index contributed by atoms with van der Waals surface area (Å²) in [5.41, 5.74) is 2.43. The van der Waals surface area contributed by atoms with Crippen molar-refractivity contribution in [3.63, 3.8) is 0 Å². The average Bonchev–Trinajstić information content (AvgIpc) is 2.90. The number of thiophene rings is 1. The molecule has 1 unspecified atom stereocenters. The summed E-state index contributed by atoms with van der Waals surface area (Å²) in [7, 11) is 0. The molecule has 2 aromatic rings. The van der Waals surface area contributed by atoms with Crippen LogP contribution in [0, 0.1) is 6.92 Å². The highest BCUT2D eigenvalue weighted by atomic mass is 35.5. The number of nitrogens with one attached hydrogen (secondary N) is 1. The maximum atomic E-state index is 6.37. The minimum atomic E-state index is 0.352. The Morgan fingerprint density at radius 2 is 2.00 bits per heavy atom. The third kappa shape index (κ3) is 3.85. The minimum absolute atomic E-state index is 0.352. The molecule has 0 radical (unpaired) electrons. The van der Waals surface area contributed by atoms with Crippen molar-refractivity contribution in [1.82, 2.24) is 5.32 Å². The molecule has 0 saturated heterocycles. The number of hydrogen-bond donors (Lipinski definition) is 1. The monoisotopic (exact) mass is 307 g/mol. The van der Waals surface area contributed by atoms with Crippen LogP contribution in [0.1, 0.15) is 40.8 Å². The van der Waals surface area contributed by atoms with Gasteiger partial charge in [0.2, 0.25) is 0 Å². The topological polar surface area (TPSA) is 12.0 Å². The molecule has 1 aromatic carbocycles. The van der Waals surface area contributed by atoms with Gasteiger partial charge in [0.15, 0.2) is 0 Å². The second-order valence-electron chi connectivity index (χ2n) is 5.07. The highest BCUT2D eigenvalue weighted by Crippen LogP contribution is 2.29. The Balaban J connectivity index is 2.20. The van der Waals surface area contributed by atoms with Crippen molar-refractivity contribution in [3.05, 3.63) is 56.2 Å². The Morgan fingerprint density at radius 3 is 2.60 bits per heavy atom. The van der Waals surface area contributed by atoms with Crippen LogP contribution in [0.2, 0.25) is 5.02 Å². The van der Waals surface area contributed by atoms with Gasteiger partial charge in [-0.1, -0.05) is 37.6 Å². The standard InChI is InChI=1S/C17H22ClNS/c1-4-14-8-9-17(20-14)16(19-5-2)11-13-7-6-12(3)10-15(13)18/h6-10,16,19H,4-5,11H2,1-3H3. The van der Waals surface area contributed by atoms with E-state index in [-0.39, 0.29) is 0 Å². The van der Waals surface area contributed by atoms with Crippen LogP contribution in [0.25, 0.3) is 0 Å².